The highest BCUT2D eigenvalue weighted by atomic mass is 16.2. The van der Waals surface area contributed by atoms with Crippen LogP contribution < -0.4 is 0 Å². The maximum atomic E-state index is 9.18. The lowest BCUT2D eigenvalue weighted by Gasteiger charge is -2.42. The van der Waals surface area contributed by atoms with Crippen molar-refractivity contribution in [2.24, 2.45) is 0 Å². The van der Waals surface area contributed by atoms with Gasteiger partial charge in [0.2, 0.25) is 0 Å². The molecule has 1 aromatic carbocycles. The molecule has 1 aliphatic carbocycles. The zero-order valence-corrected chi connectivity index (χ0v) is 12.4. The molecule has 0 heterocycles. The van der Waals surface area contributed by atoms with E-state index in [1.165, 1.54) is 35.1 Å². The Labute approximate surface area is 111 Å². The van der Waals surface area contributed by atoms with E-state index < -0.39 is 0 Å². The van der Waals surface area contributed by atoms with E-state index in [2.05, 4.69) is 46.8 Å². The van der Waals surface area contributed by atoms with E-state index in [1.807, 2.05) is 0 Å². The first-order valence-electron chi connectivity index (χ1n) is 7.03. The summed E-state index contributed by atoms with van der Waals surface area (Å²) in [7, 11) is 0. The molecule has 0 amide bonds. The lowest BCUT2D eigenvalue weighted by Crippen LogP contribution is -2.34. The van der Waals surface area contributed by atoms with Crippen molar-refractivity contribution in [3.8, 4) is 0 Å². The molecule has 0 atom stereocenters. The van der Waals surface area contributed by atoms with Crippen LogP contribution in [-0.2, 0) is 17.3 Å². The van der Waals surface area contributed by atoms with E-state index >= 15 is 0 Å². The highest BCUT2D eigenvalue weighted by molar-refractivity contribution is 5.46. The normalized spacial score (nSPS) is 20.6. The standard InChI is InChI=1S/C17H26O/c1-12-10-14-15(11-13(12)6-9-18)17(4,5)8-7-16(14,2)3/h10-11,18H,6-9H2,1-5H3. The van der Waals surface area contributed by atoms with Crippen LogP contribution in [0, 0.1) is 6.92 Å². The summed E-state index contributed by atoms with van der Waals surface area (Å²) in [6.45, 7) is 11.8. The molecule has 0 saturated carbocycles. The lowest BCUT2D eigenvalue weighted by molar-refractivity contribution is 0.298. The molecule has 1 aliphatic rings. The Kier molecular flexibility index (Phi) is 3.31. The Morgan fingerprint density at radius 3 is 2.00 bits per heavy atom. The zero-order chi connectivity index (χ0) is 13.6. The summed E-state index contributed by atoms with van der Waals surface area (Å²) in [5.74, 6) is 0. The van der Waals surface area contributed by atoms with Crippen LogP contribution in [0.15, 0.2) is 12.1 Å². The summed E-state index contributed by atoms with van der Waals surface area (Å²) in [5.41, 5.74) is 6.19. The van der Waals surface area contributed by atoms with Crippen molar-refractivity contribution in [1.82, 2.24) is 0 Å². The molecule has 0 bridgehead atoms. The lowest BCUT2D eigenvalue weighted by atomic mass is 9.62. The Morgan fingerprint density at radius 1 is 1.00 bits per heavy atom. The summed E-state index contributed by atoms with van der Waals surface area (Å²) in [6, 6.07) is 4.71. The van der Waals surface area contributed by atoms with Crippen LogP contribution in [0.25, 0.3) is 0 Å². The summed E-state index contributed by atoms with van der Waals surface area (Å²) < 4.78 is 0. The molecule has 0 aliphatic heterocycles. The molecule has 0 unspecified atom stereocenters. The first-order chi connectivity index (χ1) is 8.28. The van der Waals surface area contributed by atoms with Crippen LogP contribution in [0.2, 0.25) is 0 Å². The summed E-state index contributed by atoms with van der Waals surface area (Å²) in [5, 5.41) is 9.18. The molecule has 0 spiro atoms. The fourth-order valence-corrected chi connectivity index (χ4v) is 3.16. The van der Waals surface area contributed by atoms with Crippen LogP contribution in [0.4, 0.5) is 0 Å². The second-order valence-corrected chi connectivity index (χ2v) is 7.07. The minimum absolute atomic E-state index is 0.240. The van der Waals surface area contributed by atoms with E-state index in [0.29, 0.717) is 0 Å². The Bertz CT molecular complexity index is 455. The largest absolute Gasteiger partial charge is 0.396 e. The predicted octanol–water partition coefficient (Wildman–Crippen LogP) is 3.88. The molecule has 1 nitrogen and oxygen atoms in total. The maximum absolute atomic E-state index is 9.18. The molecule has 1 heteroatoms. The van der Waals surface area contributed by atoms with Crippen molar-refractivity contribution in [3.63, 3.8) is 0 Å². The highest BCUT2D eigenvalue weighted by Gasteiger charge is 2.37. The third-order valence-electron chi connectivity index (χ3n) is 4.69. The van der Waals surface area contributed by atoms with Crippen molar-refractivity contribution in [1.29, 1.82) is 0 Å². The predicted molar refractivity (Wildman–Crippen MR) is 77.3 cm³/mol. The first kappa shape index (κ1) is 13.6. The fourth-order valence-electron chi connectivity index (χ4n) is 3.16. The molecule has 2 rings (SSSR count). The number of aliphatic hydroxyl groups is 1. The molecule has 1 N–H and O–H groups in total. The van der Waals surface area contributed by atoms with Crippen LogP contribution in [0.5, 0.6) is 0 Å². The topological polar surface area (TPSA) is 20.2 Å². The zero-order valence-electron chi connectivity index (χ0n) is 12.4. The highest BCUT2D eigenvalue weighted by Crippen LogP contribution is 2.46. The first-order valence-corrected chi connectivity index (χ1v) is 7.03. The van der Waals surface area contributed by atoms with Gasteiger partial charge in [-0.25, -0.2) is 0 Å². The van der Waals surface area contributed by atoms with Crippen molar-refractivity contribution in [3.05, 3.63) is 34.4 Å². The summed E-state index contributed by atoms with van der Waals surface area (Å²) >= 11 is 0. The summed E-state index contributed by atoms with van der Waals surface area (Å²) in [6.07, 6.45) is 3.27. The summed E-state index contributed by atoms with van der Waals surface area (Å²) in [4.78, 5) is 0. The quantitative estimate of drug-likeness (QED) is 0.839. The molecule has 0 saturated heterocycles. The second-order valence-electron chi connectivity index (χ2n) is 7.07. The van der Waals surface area contributed by atoms with Crippen molar-refractivity contribution >= 4 is 0 Å². The van der Waals surface area contributed by atoms with Gasteiger partial charge in [-0.3, -0.25) is 0 Å². The maximum Gasteiger partial charge on any atom is 0.0471 e. The van der Waals surface area contributed by atoms with Crippen LogP contribution in [0.1, 0.15) is 62.8 Å². The number of fused-ring (bicyclic) bond motifs is 1. The van der Waals surface area contributed by atoms with E-state index in [9.17, 15) is 5.11 Å². The Balaban J connectivity index is 2.61. The number of rotatable bonds is 2. The van der Waals surface area contributed by atoms with Gasteiger partial charge in [0.05, 0.1) is 0 Å². The minimum atomic E-state index is 0.240. The van der Waals surface area contributed by atoms with Gasteiger partial charge in [0, 0.05) is 6.61 Å². The van der Waals surface area contributed by atoms with E-state index in [0.717, 1.165) is 6.42 Å². The van der Waals surface area contributed by atoms with Gasteiger partial charge in [-0.1, -0.05) is 39.8 Å². The number of hydrogen-bond acceptors (Lipinski definition) is 1. The molecule has 18 heavy (non-hydrogen) atoms. The van der Waals surface area contributed by atoms with Crippen LogP contribution in [0.3, 0.4) is 0 Å². The fraction of sp³-hybridized carbons (Fsp3) is 0.647. The van der Waals surface area contributed by atoms with Gasteiger partial charge >= 0.3 is 0 Å². The van der Waals surface area contributed by atoms with E-state index in [4.69, 9.17) is 0 Å². The van der Waals surface area contributed by atoms with E-state index in [-0.39, 0.29) is 17.4 Å². The SMILES string of the molecule is Cc1cc2c(cc1CCO)C(C)(C)CCC2(C)C. The number of hydrogen-bond donors (Lipinski definition) is 1. The van der Waals surface area contributed by atoms with Gasteiger partial charge in [-0.2, -0.15) is 0 Å². The van der Waals surface area contributed by atoms with E-state index in [1.54, 1.807) is 0 Å². The second kappa shape index (κ2) is 4.38. The molecule has 100 valence electrons. The third kappa shape index (κ3) is 2.21. The average Bonchev–Trinajstić information content (AvgIpc) is 2.27. The van der Waals surface area contributed by atoms with Gasteiger partial charge in [0.15, 0.2) is 0 Å². The average molecular weight is 246 g/mol. The van der Waals surface area contributed by atoms with Gasteiger partial charge in [0.25, 0.3) is 0 Å². The van der Waals surface area contributed by atoms with Gasteiger partial charge in [-0.15, -0.1) is 0 Å². The molecular weight excluding hydrogens is 220 g/mol. The van der Waals surface area contributed by atoms with Crippen LogP contribution >= 0.6 is 0 Å². The molecule has 0 fully saturated rings. The third-order valence-corrected chi connectivity index (χ3v) is 4.69. The number of aliphatic hydroxyl groups excluding tert-OH is 1. The van der Waals surface area contributed by atoms with Crippen molar-refractivity contribution in [2.45, 2.75) is 64.7 Å². The molecular formula is C17H26O. The van der Waals surface area contributed by atoms with Gasteiger partial charge in [0.1, 0.15) is 0 Å². The van der Waals surface area contributed by atoms with Crippen LogP contribution in [-0.4, -0.2) is 11.7 Å². The van der Waals surface area contributed by atoms with Gasteiger partial charge in [-0.05, 0) is 59.3 Å². The molecule has 0 aromatic heterocycles. The number of benzene rings is 1. The minimum Gasteiger partial charge on any atom is -0.396 e. The monoisotopic (exact) mass is 246 g/mol. The smallest absolute Gasteiger partial charge is 0.0471 e. The molecule has 0 radical (unpaired) electrons. The number of aryl methyl sites for hydroxylation is 1. The van der Waals surface area contributed by atoms with Gasteiger partial charge < -0.3 is 5.11 Å². The van der Waals surface area contributed by atoms with Crippen molar-refractivity contribution in [2.75, 3.05) is 6.61 Å². The van der Waals surface area contributed by atoms with Crippen molar-refractivity contribution < 1.29 is 5.11 Å². The Morgan fingerprint density at radius 2 is 1.50 bits per heavy atom. The Hall–Kier alpha value is -0.820. The molecule has 1 aromatic rings.